The molecule has 0 aliphatic carbocycles. The van der Waals surface area contributed by atoms with Crippen LogP contribution in [0.1, 0.15) is 11.1 Å². The number of ether oxygens (including phenoxy) is 1. The molecule has 0 aliphatic rings. The fourth-order valence-corrected chi connectivity index (χ4v) is 1.05. The molecule has 13 heavy (non-hydrogen) atoms. The van der Waals surface area contributed by atoms with Gasteiger partial charge in [0.15, 0.2) is 0 Å². The van der Waals surface area contributed by atoms with E-state index in [1.807, 2.05) is 37.3 Å². The monoisotopic (exact) mass is 176 g/mol. The van der Waals surface area contributed by atoms with Gasteiger partial charge in [0, 0.05) is 0 Å². The Labute approximate surface area is 77.8 Å². The average molecular weight is 176 g/mol. The van der Waals surface area contributed by atoms with Crippen molar-refractivity contribution >= 4 is 12.5 Å². The van der Waals surface area contributed by atoms with E-state index in [4.69, 9.17) is 0 Å². The molecule has 2 nitrogen and oxygen atoms in total. The zero-order chi connectivity index (χ0) is 9.52. The molecule has 1 aromatic rings. The van der Waals surface area contributed by atoms with Gasteiger partial charge in [0.1, 0.15) is 6.61 Å². The first kappa shape index (κ1) is 9.52. The third-order valence-corrected chi connectivity index (χ3v) is 1.61. The third-order valence-electron chi connectivity index (χ3n) is 1.61. The lowest BCUT2D eigenvalue weighted by molar-refractivity contribution is -0.127. The second kappa shape index (κ2) is 5.14. The molecule has 0 spiro atoms. The summed E-state index contributed by atoms with van der Waals surface area (Å²) in [7, 11) is 0. The second-order valence-corrected chi connectivity index (χ2v) is 2.75. The predicted octanol–water partition coefficient (Wildman–Crippen LogP) is 2.18. The minimum absolute atomic E-state index is 0.331. The summed E-state index contributed by atoms with van der Waals surface area (Å²) in [6, 6.07) is 8.11. The molecule has 0 heterocycles. The number of hydrogen-bond donors (Lipinski definition) is 0. The van der Waals surface area contributed by atoms with Gasteiger partial charge in [-0.1, -0.05) is 35.9 Å². The normalized spacial score (nSPS) is 10.2. The number of carbonyl (C=O) groups excluding carboxylic acids is 1. The summed E-state index contributed by atoms with van der Waals surface area (Å²) in [6.07, 6.45) is 3.74. The molecule has 1 aromatic carbocycles. The maximum atomic E-state index is 9.81. The lowest BCUT2D eigenvalue weighted by Gasteiger charge is -1.95. The summed E-state index contributed by atoms with van der Waals surface area (Å²) in [5.74, 6) is 0. The van der Waals surface area contributed by atoms with Crippen LogP contribution in [0.4, 0.5) is 0 Å². The first-order valence-corrected chi connectivity index (χ1v) is 4.11. The Morgan fingerprint density at radius 1 is 1.46 bits per heavy atom. The molecule has 0 aliphatic heterocycles. The van der Waals surface area contributed by atoms with Crippen molar-refractivity contribution in [2.45, 2.75) is 6.92 Å². The molecule has 0 N–H and O–H groups in total. The van der Waals surface area contributed by atoms with Crippen LogP contribution >= 0.6 is 0 Å². The molecule has 1 rings (SSSR count). The molecule has 0 aromatic heterocycles. The molecule has 0 atom stereocenters. The molecule has 0 amide bonds. The van der Waals surface area contributed by atoms with E-state index >= 15 is 0 Å². The summed E-state index contributed by atoms with van der Waals surface area (Å²) < 4.78 is 4.52. The zero-order valence-corrected chi connectivity index (χ0v) is 7.57. The molecule has 0 fully saturated rings. The SMILES string of the molecule is Cc1cccc(C=CCOC=O)c1. The summed E-state index contributed by atoms with van der Waals surface area (Å²) in [6.45, 7) is 2.82. The number of aryl methyl sites for hydroxylation is 1. The van der Waals surface area contributed by atoms with Gasteiger partial charge in [-0.3, -0.25) is 4.79 Å². The topological polar surface area (TPSA) is 26.3 Å². The standard InChI is InChI=1S/C11H12O2/c1-10-4-2-5-11(8-10)6-3-7-13-9-12/h2-6,8-9H,7H2,1H3. The number of rotatable bonds is 4. The Hall–Kier alpha value is -1.57. The van der Waals surface area contributed by atoms with E-state index < -0.39 is 0 Å². The van der Waals surface area contributed by atoms with Crippen LogP contribution in [-0.4, -0.2) is 13.1 Å². The van der Waals surface area contributed by atoms with Crippen LogP contribution in [0.25, 0.3) is 6.08 Å². The van der Waals surface area contributed by atoms with E-state index in [-0.39, 0.29) is 0 Å². The zero-order valence-electron chi connectivity index (χ0n) is 7.57. The van der Waals surface area contributed by atoms with Gasteiger partial charge in [-0.25, -0.2) is 0 Å². The summed E-state index contributed by atoms with van der Waals surface area (Å²) >= 11 is 0. The Kier molecular flexibility index (Phi) is 3.76. The minimum atomic E-state index is 0.331. The fourth-order valence-electron chi connectivity index (χ4n) is 1.05. The smallest absolute Gasteiger partial charge is 0.293 e. The van der Waals surface area contributed by atoms with Crippen molar-refractivity contribution in [1.82, 2.24) is 0 Å². The van der Waals surface area contributed by atoms with Crippen LogP contribution in [0.5, 0.6) is 0 Å². The number of carbonyl (C=O) groups is 1. The van der Waals surface area contributed by atoms with Crippen LogP contribution in [0, 0.1) is 6.92 Å². The number of benzene rings is 1. The lowest BCUT2D eigenvalue weighted by atomic mass is 10.1. The molecular weight excluding hydrogens is 164 g/mol. The molecule has 2 heteroatoms. The molecule has 0 bridgehead atoms. The van der Waals surface area contributed by atoms with Gasteiger partial charge in [-0.15, -0.1) is 0 Å². The van der Waals surface area contributed by atoms with Gasteiger partial charge < -0.3 is 4.74 Å². The van der Waals surface area contributed by atoms with Crippen molar-refractivity contribution in [3.8, 4) is 0 Å². The van der Waals surface area contributed by atoms with Crippen molar-refractivity contribution in [1.29, 1.82) is 0 Å². The van der Waals surface area contributed by atoms with Gasteiger partial charge in [0.05, 0.1) is 0 Å². The van der Waals surface area contributed by atoms with Gasteiger partial charge >= 0.3 is 0 Å². The molecule has 0 saturated carbocycles. The molecular formula is C11H12O2. The van der Waals surface area contributed by atoms with Gasteiger partial charge in [0.25, 0.3) is 6.47 Å². The maximum absolute atomic E-state index is 9.81. The van der Waals surface area contributed by atoms with Crippen molar-refractivity contribution in [3.05, 3.63) is 41.5 Å². The summed E-state index contributed by atoms with van der Waals surface area (Å²) in [4.78, 5) is 9.81. The Morgan fingerprint density at radius 2 is 2.31 bits per heavy atom. The highest BCUT2D eigenvalue weighted by molar-refractivity contribution is 5.50. The van der Waals surface area contributed by atoms with Crippen LogP contribution in [0.3, 0.4) is 0 Å². The van der Waals surface area contributed by atoms with Crippen molar-refractivity contribution in [2.75, 3.05) is 6.61 Å². The first-order valence-electron chi connectivity index (χ1n) is 4.11. The largest absolute Gasteiger partial charge is 0.464 e. The van der Waals surface area contributed by atoms with Gasteiger partial charge in [-0.2, -0.15) is 0 Å². The molecule has 68 valence electrons. The Morgan fingerprint density at radius 3 is 3.00 bits per heavy atom. The van der Waals surface area contributed by atoms with Crippen molar-refractivity contribution in [3.63, 3.8) is 0 Å². The van der Waals surface area contributed by atoms with Crippen LogP contribution in [-0.2, 0) is 9.53 Å². The van der Waals surface area contributed by atoms with Crippen LogP contribution in [0.2, 0.25) is 0 Å². The Balaban J connectivity index is 2.53. The van der Waals surface area contributed by atoms with E-state index in [1.54, 1.807) is 0 Å². The minimum Gasteiger partial charge on any atom is -0.464 e. The van der Waals surface area contributed by atoms with Crippen molar-refractivity contribution < 1.29 is 9.53 Å². The molecule has 0 unspecified atom stereocenters. The summed E-state index contributed by atoms with van der Waals surface area (Å²) in [5.41, 5.74) is 2.34. The fraction of sp³-hybridized carbons (Fsp3) is 0.182. The highest BCUT2D eigenvalue weighted by Gasteiger charge is 1.86. The third kappa shape index (κ3) is 3.56. The predicted molar refractivity (Wildman–Crippen MR) is 52.2 cm³/mol. The quantitative estimate of drug-likeness (QED) is 0.519. The highest BCUT2D eigenvalue weighted by Crippen LogP contribution is 2.05. The first-order chi connectivity index (χ1) is 6.33. The molecule has 0 radical (unpaired) electrons. The lowest BCUT2D eigenvalue weighted by Crippen LogP contribution is -1.85. The van der Waals surface area contributed by atoms with E-state index in [2.05, 4.69) is 10.8 Å². The van der Waals surface area contributed by atoms with Gasteiger partial charge in [-0.05, 0) is 18.6 Å². The Bertz CT molecular complexity index is 303. The highest BCUT2D eigenvalue weighted by atomic mass is 16.5. The molecule has 0 saturated heterocycles. The number of hydrogen-bond acceptors (Lipinski definition) is 2. The van der Waals surface area contributed by atoms with Crippen molar-refractivity contribution in [2.24, 2.45) is 0 Å². The van der Waals surface area contributed by atoms with Gasteiger partial charge in [0.2, 0.25) is 0 Å². The summed E-state index contributed by atoms with van der Waals surface area (Å²) in [5, 5.41) is 0. The van der Waals surface area contributed by atoms with E-state index in [9.17, 15) is 4.79 Å². The van der Waals surface area contributed by atoms with Crippen LogP contribution < -0.4 is 0 Å². The van der Waals surface area contributed by atoms with Crippen LogP contribution in [0.15, 0.2) is 30.3 Å². The second-order valence-electron chi connectivity index (χ2n) is 2.75. The van der Waals surface area contributed by atoms with E-state index in [0.717, 1.165) is 5.56 Å². The van der Waals surface area contributed by atoms with E-state index in [0.29, 0.717) is 13.1 Å². The van der Waals surface area contributed by atoms with E-state index in [1.165, 1.54) is 5.56 Å². The maximum Gasteiger partial charge on any atom is 0.293 e. The average Bonchev–Trinajstić information content (AvgIpc) is 2.13.